The van der Waals surface area contributed by atoms with E-state index in [-0.39, 0.29) is 17.7 Å². The van der Waals surface area contributed by atoms with Crippen LogP contribution >= 0.6 is 0 Å². The highest BCUT2D eigenvalue weighted by molar-refractivity contribution is 5.91. The Labute approximate surface area is 109 Å². The molecule has 96 valence electrons. The second-order valence-electron chi connectivity index (χ2n) is 5.13. The molecule has 0 atom stereocenters. The summed E-state index contributed by atoms with van der Waals surface area (Å²) in [6.07, 6.45) is 0. The van der Waals surface area contributed by atoms with Gasteiger partial charge in [-0.3, -0.25) is 4.79 Å². The minimum absolute atomic E-state index is 0.0801. The van der Waals surface area contributed by atoms with E-state index in [0.717, 1.165) is 16.8 Å². The predicted octanol–water partition coefficient (Wildman–Crippen LogP) is 3.76. The monoisotopic (exact) mass is 244 g/mol. The SMILES string of the molecule is CC(=O)Nc1c(C(C)C)cc(C#N)cc1C(C)C. The van der Waals surface area contributed by atoms with E-state index in [0.29, 0.717) is 5.56 Å². The third-order valence-corrected chi connectivity index (χ3v) is 2.87. The number of hydrogen-bond donors (Lipinski definition) is 1. The molecule has 0 saturated heterocycles. The van der Waals surface area contributed by atoms with Gasteiger partial charge in [0.05, 0.1) is 11.6 Å². The fourth-order valence-electron chi connectivity index (χ4n) is 1.98. The lowest BCUT2D eigenvalue weighted by Crippen LogP contribution is -2.12. The Morgan fingerprint density at radius 1 is 1.17 bits per heavy atom. The predicted molar refractivity (Wildman–Crippen MR) is 73.6 cm³/mol. The van der Waals surface area contributed by atoms with E-state index in [2.05, 4.69) is 39.1 Å². The van der Waals surface area contributed by atoms with Crippen molar-refractivity contribution < 1.29 is 4.79 Å². The normalized spacial score (nSPS) is 10.6. The van der Waals surface area contributed by atoms with Crippen molar-refractivity contribution in [3.63, 3.8) is 0 Å². The maximum Gasteiger partial charge on any atom is 0.221 e. The standard InChI is InChI=1S/C15H20N2O/c1-9(2)13-6-12(8-16)7-14(10(3)4)15(13)17-11(5)18/h6-7,9-10H,1-5H3,(H,17,18). The number of anilines is 1. The van der Waals surface area contributed by atoms with E-state index >= 15 is 0 Å². The van der Waals surface area contributed by atoms with Gasteiger partial charge in [-0.25, -0.2) is 0 Å². The summed E-state index contributed by atoms with van der Waals surface area (Å²) in [6.45, 7) is 9.75. The molecule has 1 aromatic rings. The zero-order chi connectivity index (χ0) is 13.9. The van der Waals surface area contributed by atoms with Crippen LogP contribution < -0.4 is 5.32 Å². The summed E-state index contributed by atoms with van der Waals surface area (Å²) in [5.74, 6) is 0.443. The molecule has 18 heavy (non-hydrogen) atoms. The molecule has 1 amide bonds. The molecular weight excluding hydrogens is 224 g/mol. The third kappa shape index (κ3) is 3.10. The van der Waals surface area contributed by atoms with E-state index in [1.54, 1.807) is 0 Å². The van der Waals surface area contributed by atoms with Gasteiger partial charge < -0.3 is 5.32 Å². The summed E-state index contributed by atoms with van der Waals surface area (Å²) in [6, 6.07) is 5.91. The van der Waals surface area contributed by atoms with Crippen LogP contribution in [0.15, 0.2) is 12.1 Å². The highest BCUT2D eigenvalue weighted by Crippen LogP contribution is 2.33. The van der Waals surface area contributed by atoms with E-state index in [1.807, 2.05) is 12.1 Å². The number of nitrogens with zero attached hydrogens (tertiary/aromatic N) is 1. The van der Waals surface area contributed by atoms with Gasteiger partial charge in [-0.05, 0) is 35.1 Å². The third-order valence-electron chi connectivity index (χ3n) is 2.87. The van der Waals surface area contributed by atoms with E-state index < -0.39 is 0 Å². The molecule has 3 heteroatoms. The molecule has 3 nitrogen and oxygen atoms in total. The van der Waals surface area contributed by atoms with E-state index in [1.165, 1.54) is 6.92 Å². The summed E-state index contributed by atoms with van der Waals surface area (Å²) in [4.78, 5) is 11.3. The Morgan fingerprint density at radius 2 is 1.61 bits per heavy atom. The zero-order valence-corrected chi connectivity index (χ0v) is 11.7. The molecule has 0 bridgehead atoms. The van der Waals surface area contributed by atoms with Crippen LogP contribution in [0.5, 0.6) is 0 Å². The molecule has 0 aliphatic carbocycles. The van der Waals surface area contributed by atoms with Crippen LogP contribution in [-0.2, 0) is 4.79 Å². The van der Waals surface area contributed by atoms with Crippen LogP contribution in [0.25, 0.3) is 0 Å². The van der Waals surface area contributed by atoms with Crippen molar-refractivity contribution in [2.75, 3.05) is 5.32 Å². The zero-order valence-electron chi connectivity index (χ0n) is 11.7. The van der Waals surface area contributed by atoms with Gasteiger partial charge in [0.2, 0.25) is 5.91 Å². The summed E-state index contributed by atoms with van der Waals surface area (Å²) >= 11 is 0. The summed E-state index contributed by atoms with van der Waals surface area (Å²) in [7, 11) is 0. The molecule has 1 N–H and O–H groups in total. The lowest BCUT2D eigenvalue weighted by molar-refractivity contribution is -0.114. The van der Waals surface area contributed by atoms with Crippen molar-refractivity contribution in [3.05, 3.63) is 28.8 Å². The van der Waals surface area contributed by atoms with Gasteiger partial charge in [-0.1, -0.05) is 27.7 Å². The fourth-order valence-corrected chi connectivity index (χ4v) is 1.98. The van der Waals surface area contributed by atoms with Gasteiger partial charge in [0, 0.05) is 12.6 Å². The fraction of sp³-hybridized carbons (Fsp3) is 0.467. The smallest absolute Gasteiger partial charge is 0.221 e. The molecule has 0 aromatic heterocycles. The Morgan fingerprint density at radius 3 is 1.89 bits per heavy atom. The highest BCUT2D eigenvalue weighted by Gasteiger charge is 2.16. The van der Waals surface area contributed by atoms with Gasteiger partial charge in [-0.15, -0.1) is 0 Å². The number of rotatable bonds is 3. The molecule has 0 fully saturated rings. The number of hydrogen-bond acceptors (Lipinski definition) is 2. The minimum atomic E-state index is -0.0801. The number of benzene rings is 1. The first-order valence-electron chi connectivity index (χ1n) is 6.22. The minimum Gasteiger partial charge on any atom is -0.326 e. The molecule has 0 radical (unpaired) electrons. The first kappa shape index (κ1) is 14.2. The molecule has 0 aliphatic heterocycles. The average Bonchev–Trinajstić information content (AvgIpc) is 2.27. The van der Waals surface area contributed by atoms with Gasteiger partial charge in [0.15, 0.2) is 0 Å². The Kier molecular flexibility index (Phi) is 4.49. The largest absolute Gasteiger partial charge is 0.326 e. The topological polar surface area (TPSA) is 52.9 Å². The van der Waals surface area contributed by atoms with Crippen molar-refractivity contribution in [2.45, 2.75) is 46.5 Å². The number of carbonyl (C=O) groups is 1. The van der Waals surface area contributed by atoms with Crippen molar-refractivity contribution in [1.29, 1.82) is 5.26 Å². The second-order valence-corrected chi connectivity index (χ2v) is 5.13. The van der Waals surface area contributed by atoms with E-state index in [4.69, 9.17) is 5.26 Å². The van der Waals surface area contributed by atoms with E-state index in [9.17, 15) is 4.79 Å². The van der Waals surface area contributed by atoms with Crippen LogP contribution in [0, 0.1) is 11.3 Å². The molecule has 0 unspecified atom stereocenters. The molecule has 0 saturated carbocycles. The first-order chi connectivity index (χ1) is 8.36. The van der Waals surface area contributed by atoms with Crippen LogP contribution in [0.3, 0.4) is 0 Å². The quantitative estimate of drug-likeness (QED) is 0.880. The highest BCUT2D eigenvalue weighted by atomic mass is 16.1. The molecule has 1 rings (SSSR count). The molecule has 0 aliphatic rings. The van der Waals surface area contributed by atoms with Gasteiger partial charge in [-0.2, -0.15) is 5.26 Å². The number of carbonyl (C=O) groups excluding carboxylic acids is 1. The lowest BCUT2D eigenvalue weighted by atomic mass is 9.90. The second kappa shape index (κ2) is 5.68. The van der Waals surface area contributed by atoms with Crippen LogP contribution in [-0.4, -0.2) is 5.91 Å². The maximum absolute atomic E-state index is 11.3. The maximum atomic E-state index is 11.3. The Balaban J connectivity index is 3.51. The Bertz CT molecular complexity index is 467. The van der Waals surface area contributed by atoms with Crippen LogP contribution in [0.2, 0.25) is 0 Å². The van der Waals surface area contributed by atoms with Gasteiger partial charge in [0.1, 0.15) is 0 Å². The average molecular weight is 244 g/mol. The van der Waals surface area contributed by atoms with Crippen molar-refractivity contribution in [2.24, 2.45) is 0 Å². The van der Waals surface area contributed by atoms with Gasteiger partial charge in [0.25, 0.3) is 0 Å². The first-order valence-corrected chi connectivity index (χ1v) is 6.22. The van der Waals surface area contributed by atoms with Crippen LogP contribution in [0.4, 0.5) is 5.69 Å². The molecular formula is C15H20N2O. The summed E-state index contributed by atoms with van der Waals surface area (Å²) in [5.41, 5.74) is 3.56. The number of nitriles is 1. The molecule has 0 spiro atoms. The van der Waals surface area contributed by atoms with Crippen molar-refractivity contribution in [3.8, 4) is 6.07 Å². The number of amides is 1. The van der Waals surface area contributed by atoms with Crippen LogP contribution in [0.1, 0.15) is 63.1 Å². The van der Waals surface area contributed by atoms with Crippen molar-refractivity contribution >= 4 is 11.6 Å². The molecule has 1 aromatic carbocycles. The number of nitrogens with one attached hydrogen (secondary N) is 1. The summed E-state index contributed by atoms with van der Waals surface area (Å²) < 4.78 is 0. The summed E-state index contributed by atoms with van der Waals surface area (Å²) in [5, 5.41) is 12.0. The van der Waals surface area contributed by atoms with Gasteiger partial charge >= 0.3 is 0 Å². The Hall–Kier alpha value is -1.82. The molecule has 0 heterocycles. The lowest BCUT2D eigenvalue weighted by Gasteiger charge is -2.20. The van der Waals surface area contributed by atoms with Crippen molar-refractivity contribution in [1.82, 2.24) is 0 Å².